The maximum Gasteiger partial charge on any atom is 0.261 e. The first-order valence-electron chi connectivity index (χ1n) is 7.70. The van der Waals surface area contributed by atoms with Crippen molar-refractivity contribution < 1.29 is 17.2 Å². The van der Waals surface area contributed by atoms with Crippen LogP contribution in [0, 0.1) is 5.82 Å². The molecule has 0 spiro atoms. The Morgan fingerprint density at radius 1 is 1.00 bits per heavy atom. The van der Waals surface area contributed by atoms with Crippen molar-refractivity contribution >= 4 is 38.4 Å². The third-order valence-corrected chi connectivity index (χ3v) is 5.55. The molecule has 0 atom stereocenters. The van der Waals surface area contributed by atoms with Crippen LogP contribution in [-0.2, 0) is 10.0 Å². The van der Waals surface area contributed by atoms with Gasteiger partial charge in [0, 0.05) is 11.8 Å². The molecule has 0 unspecified atom stereocenters. The summed E-state index contributed by atoms with van der Waals surface area (Å²) in [5.74, 6) is -0.529. The monoisotopic (exact) mass is 403 g/mol. The van der Waals surface area contributed by atoms with Crippen molar-refractivity contribution in [3.05, 3.63) is 72.1 Å². The van der Waals surface area contributed by atoms with E-state index < -0.39 is 15.8 Å². The molecule has 0 fully saturated rings. The zero-order chi connectivity index (χ0) is 19.0. The lowest BCUT2D eigenvalue weighted by atomic mass is 10.1. The van der Waals surface area contributed by atoms with Gasteiger partial charge in [-0.15, -0.1) is 0 Å². The van der Waals surface area contributed by atoms with E-state index in [1.54, 1.807) is 18.2 Å². The summed E-state index contributed by atoms with van der Waals surface area (Å²) in [5, 5.41) is -0.00909. The molecule has 2 aromatic heterocycles. The fourth-order valence-electron chi connectivity index (χ4n) is 2.53. The Labute approximate surface area is 158 Å². The van der Waals surface area contributed by atoms with Crippen LogP contribution in [0.2, 0.25) is 5.15 Å². The van der Waals surface area contributed by atoms with Gasteiger partial charge in [0.1, 0.15) is 11.3 Å². The number of rotatable bonds is 4. The molecule has 136 valence electrons. The summed E-state index contributed by atoms with van der Waals surface area (Å²) in [6, 6.07) is 11.4. The Morgan fingerprint density at radius 3 is 2.56 bits per heavy atom. The molecule has 6 nitrogen and oxygen atoms in total. The van der Waals surface area contributed by atoms with Crippen molar-refractivity contribution in [3.63, 3.8) is 0 Å². The van der Waals surface area contributed by atoms with Gasteiger partial charge in [0.25, 0.3) is 10.0 Å². The minimum atomic E-state index is -3.95. The van der Waals surface area contributed by atoms with Crippen LogP contribution in [0.1, 0.15) is 0 Å². The zero-order valence-corrected chi connectivity index (χ0v) is 15.1. The van der Waals surface area contributed by atoms with Gasteiger partial charge < -0.3 is 4.42 Å². The molecular formula is C18H11ClFN3O3S. The van der Waals surface area contributed by atoms with E-state index in [0.29, 0.717) is 16.7 Å². The number of nitrogens with one attached hydrogen (secondary N) is 1. The number of oxazole rings is 1. The summed E-state index contributed by atoms with van der Waals surface area (Å²) < 4.78 is 45.7. The third-order valence-electron chi connectivity index (χ3n) is 3.87. The molecule has 0 radical (unpaired) electrons. The number of hydrogen-bond donors (Lipinski definition) is 1. The number of aromatic nitrogens is 2. The molecule has 0 saturated carbocycles. The number of nitrogens with zero attached hydrogens (tertiary/aromatic N) is 2. The van der Waals surface area contributed by atoms with Crippen LogP contribution in [0.15, 0.2) is 70.4 Å². The number of sulfonamides is 1. The highest BCUT2D eigenvalue weighted by atomic mass is 35.5. The Hall–Kier alpha value is -2.97. The minimum absolute atomic E-state index is 0.00909. The Kier molecular flexibility index (Phi) is 4.29. The number of halogens is 2. The molecule has 0 aliphatic rings. The van der Waals surface area contributed by atoms with Crippen molar-refractivity contribution in [2.24, 2.45) is 0 Å². The quantitative estimate of drug-likeness (QED) is 0.508. The highest BCUT2D eigenvalue weighted by molar-refractivity contribution is 7.92. The van der Waals surface area contributed by atoms with Crippen molar-refractivity contribution in [3.8, 4) is 11.1 Å². The molecule has 0 bridgehead atoms. The smallest absolute Gasteiger partial charge is 0.261 e. The molecule has 4 aromatic rings. The summed E-state index contributed by atoms with van der Waals surface area (Å²) in [6.07, 6.45) is 2.87. The first kappa shape index (κ1) is 17.4. The number of fused-ring (bicyclic) bond motifs is 1. The standard InChI is InChI=1S/C18H11ClFN3O3S/c19-18-16(23-27(24,25)14-4-2-13(20)3-5-14)7-12(9-21-18)11-1-6-15-17(8-11)26-10-22-15/h1-10,23H. The van der Waals surface area contributed by atoms with Gasteiger partial charge >= 0.3 is 0 Å². The second-order valence-electron chi connectivity index (χ2n) is 5.66. The van der Waals surface area contributed by atoms with Crippen molar-refractivity contribution in [1.82, 2.24) is 9.97 Å². The molecule has 2 aromatic carbocycles. The first-order valence-corrected chi connectivity index (χ1v) is 9.56. The fourth-order valence-corrected chi connectivity index (χ4v) is 3.79. The second-order valence-corrected chi connectivity index (χ2v) is 7.70. The van der Waals surface area contributed by atoms with Crippen LogP contribution in [0.4, 0.5) is 10.1 Å². The maximum absolute atomic E-state index is 13.0. The molecule has 9 heteroatoms. The SMILES string of the molecule is O=S(=O)(Nc1cc(-c2ccc3ncoc3c2)cnc1Cl)c1ccc(F)cc1. The summed E-state index contributed by atoms with van der Waals surface area (Å²) in [5.41, 5.74) is 2.80. The number of benzene rings is 2. The molecule has 27 heavy (non-hydrogen) atoms. The Balaban J connectivity index is 1.71. The molecule has 2 heterocycles. The third kappa shape index (κ3) is 3.49. The van der Waals surface area contributed by atoms with Crippen molar-refractivity contribution in [2.75, 3.05) is 4.72 Å². The van der Waals surface area contributed by atoms with Gasteiger partial charge in [-0.1, -0.05) is 17.7 Å². The van der Waals surface area contributed by atoms with Crippen LogP contribution in [-0.4, -0.2) is 18.4 Å². The molecule has 0 amide bonds. The van der Waals surface area contributed by atoms with Crippen molar-refractivity contribution in [1.29, 1.82) is 0 Å². The minimum Gasteiger partial charge on any atom is -0.443 e. The van der Waals surface area contributed by atoms with E-state index in [-0.39, 0.29) is 15.7 Å². The van der Waals surface area contributed by atoms with Crippen LogP contribution in [0.3, 0.4) is 0 Å². The summed E-state index contributed by atoms with van der Waals surface area (Å²) in [7, 11) is -3.95. The lowest BCUT2D eigenvalue weighted by molar-refractivity contribution is 0.599. The van der Waals surface area contributed by atoms with E-state index in [4.69, 9.17) is 16.0 Å². The van der Waals surface area contributed by atoms with Gasteiger partial charge in [0.05, 0.1) is 10.6 Å². The lowest BCUT2D eigenvalue weighted by Gasteiger charge is -2.11. The van der Waals surface area contributed by atoms with Crippen LogP contribution >= 0.6 is 11.6 Å². The average Bonchev–Trinajstić information content (AvgIpc) is 3.11. The second kappa shape index (κ2) is 6.64. The lowest BCUT2D eigenvalue weighted by Crippen LogP contribution is -2.13. The molecule has 0 saturated heterocycles. The summed E-state index contributed by atoms with van der Waals surface area (Å²) in [6.45, 7) is 0. The fraction of sp³-hybridized carbons (Fsp3) is 0. The van der Waals surface area contributed by atoms with Gasteiger partial charge in [0.2, 0.25) is 0 Å². The highest BCUT2D eigenvalue weighted by Gasteiger charge is 2.17. The normalized spacial score (nSPS) is 11.6. The maximum atomic E-state index is 13.0. The average molecular weight is 404 g/mol. The summed E-state index contributed by atoms with van der Waals surface area (Å²) >= 11 is 6.05. The van der Waals surface area contributed by atoms with Gasteiger partial charge in [-0.25, -0.2) is 22.8 Å². The van der Waals surface area contributed by atoms with E-state index >= 15 is 0 Å². The van der Waals surface area contributed by atoms with Crippen molar-refractivity contribution in [2.45, 2.75) is 4.90 Å². The highest BCUT2D eigenvalue weighted by Crippen LogP contribution is 2.30. The first-order chi connectivity index (χ1) is 12.9. The largest absolute Gasteiger partial charge is 0.443 e. The number of pyridine rings is 1. The molecular weight excluding hydrogens is 393 g/mol. The van der Waals surface area contributed by atoms with Gasteiger partial charge in [0.15, 0.2) is 17.1 Å². The van der Waals surface area contributed by atoms with Gasteiger partial charge in [-0.2, -0.15) is 0 Å². The number of hydrogen-bond acceptors (Lipinski definition) is 5. The van der Waals surface area contributed by atoms with Gasteiger partial charge in [-0.05, 0) is 48.0 Å². The van der Waals surface area contributed by atoms with Crippen LogP contribution < -0.4 is 4.72 Å². The topological polar surface area (TPSA) is 85.1 Å². The molecule has 1 N–H and O–H groups in total. The van der Waals surface area contributed by atoms with Gasteiger partial charge in [-0.3, -0.25) is 4.72 Å². The van der Waals surface area contributed by atoms with E-state index in [1.807, 2.05) is 6.07 Å². The van der Waals surface area contributed by atoms with Crippen LogP contribution in [0.25, 0.3) is 22.2 Å². The number of anilines is 1. The van der Waals surface area contributed by atoms with E-state index in [9.17, 15) is 12.8 Å². The van der Waals surface area contributed by atoms with E-state index in [0.717, 1.165) is 17.7 Å². The Bertz CT molecular complexity index is 1240. The summed E-state index contributed by atoms with van der Waals surface area (Å²) in [4.78, 5) is 8.01. The predicted octanol–water partition coefficient (Wildman–Crippen LogP) is 4.48. The van der Waals surface area contributed by atoms with E-state index in [2.05, 4.69) is 14.7 Å². The van der Waals surface area contributed by atoms with Crippen LogP contribution in [0.5, 0.6) is 0 Å². The van der Waals surface area contributed by atoms with E-state index in [1.165, 1.54) is 24.7 Å². The zero-order valence-electron chi connectivity index (χ0n) is 13.6. The predicted molar refractivity (Wildman–Crippen MR) is 99.5 cm³/mol. The molecule has 0 aliphatic carbocycles. The molecule has 4 rings (SSSR count). The molecule has 0 aliphatic heterocycles. The Morgan fingerprint density at radius 2 is 1.78 bits per heavy atom.